The minimum atomic E-state index is 0.451. The lowest BCUT2D eigenvalue weighted by Gasteiger charge is -1.88. The summed E-state index contributed by atoms with van der Waals surface area (Å²) < 4.78 is 0. The minimum absolute atomic E-state index is 0.451. The van der Waals surface area contributed by atoms with Crippen molar-refractivity contribution in [2.24, 2.45) is 15.0 Å². The van der Waals surface area contributed by atoms with Gasteiger partial charge in [0.2, 0.25) is 0 Å². The van der Waals surface area contributed by atoms with Crippen molar-refractivity contribution in [1.29, 1.82) is 0 Å². The molecule has 0 saturated heterocycles. The number of hydrogen-bond acceptors (Lipinski definition) is 4. The molecular weight excluding hydrogens is 128 g/mol. The zero-order valence-corrected chi connectivity index (χ0v) is 5.49. The Morgan fingerprint density at radius 3 is 3.30 bits per heavy atom. The maximum atomic E-state index is 3.84. The van der Waals surface area contributed by atoms with Crippen LogP contribution in [-0.4, -0.2) is 25.4 Å². The molecule has 10 heavy (non-hydrogen) atoms. The Balaban J connectivity index is 2.64. The van der Waals surface area contributed by atoms with E-state index in [1.165, 1.54) is 6.34 Å². The molecule has 0 unspecified atom stereocenters. The fraction of sp³-hybridized carbons (Fsp3) is 0.167. The first-order chi connectivity index (χ1) is 4.89. The molecule has 0 aromatic heterocycles. The zero-order chi connectivity index (χ0) is 7.23. The Labute approximate surface area is 59.1 Å². The van der Waals surface area contributed by atoms with Gasteiger partial charge in [0.1, 0.15) is 12.2 Å². The lowest BCUT2D eigenvalue weighted by molar-refractivity contribution is 1.11. The molecule has 4 nitrogen and oxygen atoms in total. The number of nitrogens with zero attached hydrogens (tertiary/aromatic N) is 3. The van der Waals surface area contributed by atoms with Crippen molar-refractivity contribution >= 4 is 18.9 Å². The van der Waals surface area contributed by atoms with Gasteiger partial charge in [-0.3, -0.25) is 0 Å². The summed E-state index contributed by atoms with van der Waals surface area (Å²) in [5.74, 6) is 0.451. The van der Waals surface area contributed by atoms with Gasteiger partial charge in [-0.05, 0) is 0 Å². The average Bonchev–Trinajstić information content (AvgIpc) is 2.02. The first kappa shape index (κ1) is 6.67. The molecule has 0 radical (unpaired) electrons. The van der Waals surface area contributed by atoms with Crippen LogP contribution in [0.1, 0.15) is 0 Å². The van der Waals surface area contributed by atoms with Crippen LogP contribution in [0.25, 0.3) is 0 Å². The van der Waals surface area contributed by atoms with Gasteiger partial charge in [0.05, 0.1) is 12.9 Å². The van der Waals surface area contributed by atoms with Crippen LogP contribution in [0.4, 0.5) is 0 Å². The Morgan fingerprint density at radius 2 is 2.40 bits per heavy atom. The third kappa shape index (κ3) is 2.21. The maximum Gasteiger partial charge on any atom is 0.148 e. The second-order valence-electron chi connectivity index (χ2n) is 1.66. The summed E-state index contributed by atoms with van der Waals surface area (Å²) in [5, 5.41) is 2.88. The van der Waals surface area contributed by atoms with Gasteiger partial charge in [-0.25, -0.2) is 15.0 Å². The normalized spacial score (nSPS) is 17.4. The number of aliphatic imine (C=N–C) groups is 3. The van der Waals surface area contributed by atoms with Gasteiger partial charge in [-0.15, -0.1) is 0 Å². The molecule has 0 atom stereocenters. The Morgan fingerprint density at radius 1 is 1.50 bits per heavy atom. The van der Waals surface area contributed by atoms with Crippen molar-refractivity contribution in [3.05, 3.63) is 12.4 Å². The van der Waals surface area contributed by atoms with Gasteiger partial charge in [0.15, 0.2) is 0 Å². The van der Waals surface area contributed by atoms with Crippen LogP contribution in [0.5, 0.6) is 0 Å². The van der Waals surface area contributed by atoms with E-state index < -0.39 is 0 Å². The third-order valence-corrected chi connectivity index (χ3v) is 0.893. The SMILES string of the molecule is C=C1N=CN=CCNC=N1. The topological polar surface area (TPSA) is 49.1 Å². The monoisotopic (exact) mass is 136 g/mol. The summed E-state index contributed by atoms with van der Waals surface area (Å²) in [5.41, 5.74) is 0. The van der Waals surface area contributed by atoms with E-state index in [0.717, 1.165) is 0 Å². The van der Waals surface area contributed by atoms with E-state index in [9.17, 15) is 0 Å². The molecule has 1 aliphatic heterocycles. The van der Waals surface area contributed by atoms with E-state index >= 15 is 0 Å². The van der Waals surface area contributed by atoms with Crippen molar-refractivity contribution in [2.75, 3.05) is 6.54 Å². The summed E-state index contributed by atoms with van der Waals surface area (Å²) >= 11 is 0. The molecule has 0 saturated carbocycles. The molecule has 0 aromatic carbocycles. The fourth-order valence-electron chi connectivity index (χ4n) is 0.459. The van der Waals surface area contributed by atoms with Gasteiger partial charge < -0.3 is 5.32 Å². The van der Waals surface area contributed by atoms with Crippen molar-refractivity contribution in [2.45, 2.75) is 0 Å². The number of hydrogen-bond donors (Lipinski definition) is 1. The van der Waals surface area contributed by atoms with E-state index in [1.807, 2.05) is 0 Å². The van der Waals surface area contributed by atoms with E-state index in [0.29, 0.717) is 12.4 Å². The summed E-state index contributed by atoms with van der Waals surface area (Å²) in [6.07, 6.45) is 4.68. The Bertz CT molecular complexity index is 202. The van der Waals surface area contributed by atoms with Crippen LogP contribution in [0.15, 0.2) is 27.4 Å². The van der Waals surface area contributed by atoms with Crippen LogP contribution in [0.2, 0.25) is 0 Å². The first-order valence-corrected chi connectivity index (χ1v) is 2.88. The second kappa shape index (κ2) is 3.55. The Hall–Kier alpha value is -1.45. The maximum absolute atomic E-state index is 3.84. The highest BCUT2D eigenvalue weighted by atomic mass is 15.0. The molecule has 1 heterocycles. The predicted octanol–water partition coefficient (Wildman–Crippen LogP) is 0.188. The van der Waals surface area contributed by atoms with Gasteiger partial charge in [0, 0.05) is 6.21 Å². The van der Waals surface area contributed by atoms with Crippen LogP contribution >= 0.6 is 0 Å². The van der Waals surface area contributed by atoms with Crippen molar-refractivity contribution in [1.82, 2.24) is 5.32 Å². The van der Waals surface area contributed by atoms with Gasteiger partial charge in [-0.1, -0.05) is 6.58 Å². The summed E-state index contributed by atoms with van der Waals surface area (Å²) in [4.78, 5) is 11.4. The second-order valence-corrected chi connectivity index (χ2v) is 1.66. The fourth-order valence-corrected chi connectivity index (χ4v) is 0.459. The summed E-state index contributed by atoms with van der Waals surface area (Å²) in [6.45, 7) is 4.22. The van der Waals surface area contributed by atoms with Gasteiger partial charge in [0.25, 0.3) is 0 Å². The smallest absolute Gasteiger partial charge is 0.148 e. The summed E-state index contributed by atoms with van der Waals surface area (Å²) in [7, 11) is 0. The molecule has 0 spiro atoms. The van der Waals surface area contributed by atoms with Gasteiger partial charge in [-0.2, -0.15) is 0 Å². The van der Waals surface area contributed by atoms with Crippen LogP contribution in [0, 0.1) is 0 Å². The molecule has 1 aliphatic rings. The minimum Gasteiger partial charge on any atom is -0.371 e. The van der Waals surface area contributed by atoms with Crippen LogP contribution in [0.3, 0.4) is 0 Å². The van der Waals surface area contributed by atoms with Crippen LogP contribution < -0.4 is 5.32 Å². The lowest BCUT2D eigenvalue weighted by atomic mass is 10.7. The quantitative estimate of drug-likeness (QED) is 0.507. The molecule has 0 bridgehead atoms. The standard InChI is InChI=1S/C6H8N4/c1-6-9-4-7-2-3-8-5-10-6/h2,4-5H,1,3H2,(H,8,10). The zero-order valence-electron chi connectivity index (χ0n) is 5.49. The van der Waals surface area contributed by atoms with E-state index in [4.69, 9.17) is 0 Å². The van der Waals surface area contributed by atoms with E-state index in [2.05, 4.69) is 26.9 Å². The molecule has 52 valence electrons. The largest absolute Gasteiger partial charge is 0.371 e. The van der Waals surface area contributed by atoms with Crippen molar-refractivity contribution in [3.8, 4) is 0 Å². The van der Waals surface area contributed by atoms with Gasteiger partial charge >= 0.3 is 0 Å². The predicted molar refractivity (Wildman–Crippen MR) is 42.6 cm³/mol. The average molecular weight is 136 g/mol. The van der Waals surface area contributed by atoms with Crippen LogP contribution in [-0.2, 0) is 0 Å². The van der Waals surface area contributed by atoms with E-state index in [1.54, 1.807) is 12.6 Å². The Kier molecular flexibility index (Phi) is 2.37. The third-order valence-electron chi connectivity index (χ3n) is 0.893. The number of nitrogens with one attached hydrogen (secondary N) is 1. The molecule has 1 rings (SSSR count). The summed E-state index contributed by atoms with van der Waals surface area (Å²) in [6, 6.07) is 0. The molecule has 0 aromatic rings. The molecule has 0 amide bonds. The highest BCUT2D eigenvalue weighted by Gasteiger charge is 1.82. The molecular formula is C6H8N4. The molecule has 0 aliphatic carbocycles. The molecule has 1 N–H and O–H groups in total. The highest BCUT2D eigenvalue weighted by molar-refractivity contribution is 5.76. The molecule has 0 fully saturated rings. The van der Waals surface area contributed by atoms with Crippen molar-refractivity contribution in [3.63, 3.8) is 0 Å². The highest BCUT2D eigenvalue weighted by Crippen LogP contribution is 1.90. The van der Waals surface area contributed by atoms with E-state index in [-0.39, 0.29) is 0 Å². The molecule has 4 heteroatoms. The lowest BCUT2D eigenvalue weighted by Crippen LogP contribution is -2.13. The number of rotatable bonds is 0. The first-order valence-electron chi connectivity index (χ1n) is 2.88. The van der Waals surface area contributed by atoms with Crippen molar-refractivity contribution < 1.29 is 0 Å².